The normalized spacial score (nSPS) is 21.9. The molecule has 1 heterocycles. The van der Waals surface area contributed by atoms with Crippen LogP contribution >= 0.6 is 0 Å². The minimum Gasteiger partial charge on any atom is -0.508 e. The lowest BCUT2D eigenvalue weighted by Gasteiger charge is -2.16. The van der Waals surface area contributed by atoms with E-state index in [1.165, 1.54) is 24.1 Å². The fraction of sp³-hybridized carbons (Fsp3) is 0.429. The summed E-state index contributed by atoms with van der Waals surface area (Å²) in [7, 11) is 1.30. The van der Waals surface area contributed by atoms with Gasteiger partial charge in [-0.3, -0.25) is 9.59 Å². The van der Waals surface area contributed by atoms with Crippen molar-refractivity contribution in [1.29, 1.82) is 0 Å². The number of benzene rings is 1. The standard InChI is InChI=1S/C14H16FNO4/c1-8-6-16(7-11(8)14(19)20-2)13(18)10-4-3-9(17)5-12(10)15/h3-5,8,11,17H,6-7H2,1-2H3. The number of esters is 1. The summed E-state index contributed by atoms with van der Waals surface area (Å²) in [6, 6.07) is 3.39. The third kappa shape index (κ3) is 2.59. The van der Waals surface area contributed by atoms with Gasteiger partial charge in [0.05, 0.1) is 18.6 Å². The molecule has 1 aliphatic rings. The number of likely N-dealkylation sites (tertiary alicyclic amines) is 1. The van der Waals surface area contributed by atoms with Crippen LogP contribution in [0.5, 0.6) is 5.75 Å². The van der Waals surface area contributed by atoms with Crippen LogP contribution in [0.15, 0.2) is 18.2 Å². The van der Waals surface area contributed by atoms with E-state index in [0.29, 0.717) is 6.54 Å². The van der Waals surface area contributed by atoms with Crippen LogP contribution in [0.4, 0.5) is 4.39 Å². The Balaban J connectivity index is 2.17. The smallest absolute Gasteiger partial charge is 0.310 e. The Labute approximate surface area is 116 Å². The molecule has 0 aliphatic carbocycles. The predicted octanol–water partition coefficient (Wildman–Crippen LogP) is 1.41. The van der Waals surface area contributed by atoms with Crippen molar-refractivity contribution in [3.8, 4) is 5.75 Å². The maximum Gasteiger partial charge on any atom is 0.310 e. The zero-order valence-corrected chi connectivity index (χ0v) is 11.3. The number of phenolic OH excluding ortho intramolecular Hbond substituents is 1. The van der Waals surface area contributed by atoms with E-state index in [-0.39, 0.29) is 35.7 Å². The lowest BCUT2D eigenvalue weighted by atomic mass is 9.99. The molecule has 1 amide bonds. The van der Waals surface area contributed by atoms with Gasteiger partial charge in [-0.25, -0.2) is 4.39 Å². The average molecular weight is 281 g/mol. The average Bonchev–Trinajstić information content (AvgIpc) is 2.79. The molecule has 2 unspecified atom stereocenters. The van der Waals surface area contributed by atoms with Gasteiger partial charge in [-0.05, 0) is 18.1 Å². The first-order chi connectivity index (χ1) is 9.43. The number of ether oxygens (including phenoxy) is 1. The molecule has 1 aliphatic heterocycles. The van der Waals surface area contributed by atoms with E-state index in [1.54, 1.807) is 0 Å². The molecule has 108 valence electrons. The van der Waals surface area contributed by atoms with E-state index in [0.717, 1.165) is 6.07 Å². The second-order valence-electron chi connectivity index (χ2n) is 4.98. The van der Waals surface area contributed by atoms with Gasteiger partial charge in [0.1, 0.15) is 11.6 Å². The first-order valence-electron chi connectivity index (χ1n) is 6.29. The number of methoxy groups -OCH3 is 1. The molecule has 2 rings (SSSR count). The van der Waals surface area contributed by atoms with Gasteiger partial charge in [0.2, 0.25) is 0 Å². The Morgan fingerprint density at radius 3 is 2.70 bits per heavy atom. The molecule has 1 aromatic rings. The first kappa shape index (κ1) is 14.3. The second-order valence-corrected chi connectivity index (χ2v) is 4.98. The molecule has 0 spiro atoms. The summed E-state index contributed by atoms with van der Waals surface area (Å²) < 4.78 is 18.4. The van der Waals surface area contributed by atoms with E-state index in [1.807, 2.05) is 6.92 Å². The lowest BCUT2D eigenvalue weighted by Crippen LogP contribution is -2.30. The maximum absolute atomic E-state index is 13.7. The number of amides is 1. The quantitative estimate of drug-likeness (QED) is 0.832. The molecular weight excluding hydrogens is 265 g/mol. The number of rotatable bonds is 2. The highest BCUT2D eigenvalue weighted by atomic mass is 19.1. The molecule has 0 radical (unpaired) electrons. The molecule has 1 saturated heterocycles. The molecule has 0 aromatic heterocycles. The zero-order chi connectivity index (χ0) is 14.9. The van der Waals surface area contributed by atoms with Gasteiger partial charge in [-0.2, -0.15) is 0 Å². The molecule has 1 fully saturated rings. The second kappa shape index (κ2) is 5.48. The van der Waals surface area contributed by atoms with Crippen molar-refractivity contribution in [1.82, 2.24) is 4.90 Å². The van der Waals surface area contributed by atoms with Gasteiger partial charge in [0.15, 0.2) is 0 Å². The number of carbonyl (C=O) groups is 2. The van der Waals surface area contributed by atoms with Gasteiger partial charge >= 0.3 is 5.97 Å². The van der Waals surface area contributed by atoms with Crippen LogP contribution in [-0.4, -0.2) is 42.1 Å². The van der Waals surface area contributed by atoms with Crippen molar-refractivity contribution in [2.24, 2.45) is 11.8 Å². The number of hydrogen-bond acceptors (Lipinski definition) is 4. The molecule has 1 N–H and O–H groups in total. The molecule has 2 atom stereocenters. The van der Waals surface area contributed by atoms with Gasteiger partial charge in [-0.15, -0.1) is 0 Å². The Morgan fingerprint density at radius 2 is 2.10 bits per heavy atom. The summed E-state index contributed by atoms with van der Waals surface area (Å²) in [4.78, 5) is 25.2. The molecule has 6 heteroatoms. The van der Waals surface area contributed by atoms with Crippen molar-refractivity contribution in [2.45, 2.75) is 6.92 Å². The highest BCUT2D eigenvalue weighted by Crippen LogP contribution is 2.26. The van der Waals surface area contributed by atoms with E-state index >= 15 is 0 Å². The highest BCUT2D eigenvalue weighted by Gasteiger charge is 2.38. The minimum absolute atomic E-state index is 0.0356. The summed E-state index contributed by atoms with van der Waals surface area (Å²) in [5, 5.41) is 9.15. The number of halogens is 1. The van der Waals surface area contributed by atoms with Crippen molar-refractivity contribution in [3.63, 3.8) is 0 Å². The maximum atomic E-state index is 13.7. The molecule has 0 saturated carbocycles. The Bertz CT molecular complexity index is 546. The van der Waals surface area contributed by atoms with Crippen LogP contribution in [0.3, 0.4) is 0 Å². The topological polar surface area (TPSA) is 66.8 Å². The van der Waals surface area contributed by atoms with Crippen molar-refractivity contribution >= 4 is 11.9 Å². The molecule has 1 aromatic carbocycles. The predicted molar refractivity (Wildman–Crippen MR) is 68.6 cm³/mol. The Kier molecular flexibility index (Phi) is 3.92. The van der Waals surface area contributed by atoms with Crippen LogP contribution in [0, 0.1) is 17.7 Å². The number of phenols is 1. The lowest BCUT2D eigenvalue weighted by molar-refractivity contribution is -0.146. The summed E-state index contributed by atoms with van der Waals surface area (Å²) in [6.45, 7) is 2.44. The highest BCUT2D eigenvalue weighted by molar-refractivity contribution is 5.95. The van der Waals surface area contributed by atoms with Crippen LogP contribution in [0.2, 0.25) is 0 Å². The van der Waals surface area contributed by atoms with Crippen LogP contribution in [-0.2, 0) is 9.53 Å². The van der Waals surface area contributed by atoms with E-state index in [2.05, 4.69) is 0 Å². The molecule has 20 heavy (non-hydrogen) atoms. The fourth-order valence-corrected chi connectivity index (χ4v) is 2.44. The van der Waals surface area contributed by atoms with Crippen molar-refractivity contribution in [3.05, 3.63) is 29.6 Å². The monoisotopic (exact) mass is 281 g/mol. The van der Waals surface area contributed by atoms with E-state index in [9.17, 15) is 14.0 Å². The summed E-state index contributed by atoms with van der Waals surface area (Å²) in [5.74, 6) is -2.28. The van der Waals surface area contributed by atoms with Crippen LogP contribution in [0.25, 0.3) is 0 Å². The van der Waals surface area contributed by atoms with Gasteiger partial charge < -0.3 is 14.7 Å². The number of carbonyl (C=O) groups excluding carboxylic acids is 2. The fourth-order valence-electron chi connectivity index (χ4n) is 2.44. The van der Waals surface area contributed by atoms with Gasteiger partial charge in [-0.1, -0.05) is 6.92 Å². The Hall–Kier alpha value is -2.11. The van der Waals surface area contributed by atoms with Crippen molar-refractivity contribution in [2.75, 3.05) is 20.2 Å². The first-order valence-corrected chi connectivity index (χ1v) is 6.29. The molecule has 0 bridgehead atoms. The molecule has 5 nitrogen and oxygen atoms in total. The van der Waals surface area contributed by atoms with Gasteiger partial charge in [0, 0.05) is 19.2 Å². The summed E-state index contributed by atoms with van der Waals surface area (Å²) >= 11 is 0. The largest absolute Gasteiger partial charge is 0.508 e. The zero-order valence-electron chi connectivity index (χ0n) is 11.3. The van der Waals surface area contributed by atoms with E-state index in [4.69, 9.17) is 9.84 Å². The number of aromatic hydroxyl groups is 1. The summed E-state index contributed by atoms with van der Waals surface area (Å²) in [5.41, 5.74) is -0.111. The van der Waals surface area contributed by atoms with Gasteiger partial charge in [0.25, 0.3) is 5.91 Å². The molecular formula is C14H16FNO4. The van der Waals surface area contributed by atoms with E-state index < -0.39 is 11.7 Å². The third-order valence-corrected chi connectivity index (χ3v) is 3.59. The number of hydrogen-bond donors (Lipinski definition) is 1. The SMILES string of the molecule is COC(=O)C1CN(C(=O)c2ccc(O)cc2F)CC1C. The third-order valence-electron chi connectivity index (χ3n) is 3.59. The minimum atomic E-state index is -0.774. The van der Waals surface area contributed by atoms with Crippen molar-refractivity contribution < 1.29 is 23.8 Å². The number of nitrogens with zero attached hydrogens (tertiary/aromatic N) is 1. The van der Waals surface area contributed by atoms with Crippen LogP contribution in [0.1, 0.15) is 17.3 Å². The van der Waals surface area contributed by atoms with Crippen LogP contribution < -0.4 is 0 Å². The Morgan fingerprint density at radius 1 is 1.40 bits per heavy atom. The summed E-state index contributed by atoms with van der Waals surface area (Å²) in [6.07, 6.45) is 0.